The first-order valence-electron chi connectivity index (χ1n) is 9.30. The Kier molecular flexibility index (Phi) is 5.72. The van der Waals surface area contributed by atoms with Gasteiger partial charge in [0.05, 0.1) is 18.4 Å². The van der Waals surface area contributed by atoms with Crippen LogP contribution in [0.3, 0.4) is 0 Å². The Bertz CT molecular complexity index is 1070. The highest BCUT2D eigenvalue weighted by Gasteiger charge is 2.34. The van der Waals surface area contributed by atoms with Crippen molar-refractivity contribution in [2.75, 3.05) is 23.1 Å². The fourth-order valence-electron chi connectivity index (χ4n) is 3.27. The molecule has 5 nitrogen and oxygen atoms in total. The zero-order valence-electron chi connectivity index (χ0n) is 16.2. The summed E-state index contributed by atoms with van der Waals surface area (Å²) < 4.78 is 19.0. The van der Waals surface area contributed by atoms with E-state index in [1.807, 2.05) is 36.4 Å². The molecule has 1 atom stereocenters. The van der Waals surface area contributed by atoms with Gasteiger partial charge >= 0.3 is 0 Å². The number of carbonyl (C=O) groups excluding carboxylic acids is 2. The van der Waals surface area contributed by atoms with E-state index in [0.717, 1.165) is 17.0 Å². The van der Waals surface area contributed by atoms with Crippen molar-refractivity contribution < 1.29 is 18.7 Å². The Hall–Kier alpha value is -3.32. The number of halogens is 1. The van der Waals surface area contributed by atoms with E-state index in [-0.39, 0.29) is 16.8 Å². The van der Waals surface area contributed by atoms with E-state index in [1.165, 1.54) is 18.2 Å². The van der Waals surface area contributed by atoms with Crippen LogP contribution in [0, 0.1) is 5.82 Å². The second-order valence-corrected chi connectivity index (χ2v) is 7.75. The summed E-state index contributed by atoms with van der Waals surface area (Å²) >= 11 is 1.54. The van der Waals surface area contributed by atoms with Gasteiger partial charge in [-0.25, -0.2) is 4.39 Å². The smallest absolute Gasteiger partial charge is 0.258 e. The van der Waals surface area contributed by atoms with Crippen LogP contribution in [0.5, 0.6) is 5.75 Å². The second kappa shape index (κ2) is 8.59. The lowest BCUT2D eigenvalue weighted by molar-refractivity contribution is -0.115. The monoisotopic (exact) mass is 422 g/mol. The Morgan fingerprint density at radius 2 is 1.77 bits per heavy atom. The predicted molar refractivity (Wildman–Crippen MR) is 116 cm³/mol. The minimum atomic E-state index is -0.567. The fraction of sp³-hybridized carbons (Fsp3) is 0.130. The number of ether oxygens (including phenoxy) is 1. The van der Waals surface area contributed by atoms with Crippen LogP contribution >= 0.6 is 11.8 Å². The number of hydrogen-bond donors (Lipinski definition) is 1. The van der Waals surface area contributed by atoms with E-state index in [4.69, 9.17) is 4.74 Å². The molecule has 1 fully saturated rings. The SMILES string of the molecule is COc1ccc(N2C(=O)CS[C@H]2c2ccc(NC(=O)c3ccccc3F)cc2)cc1. The van der Waals surface area contributed by atoms with E-state index in [0.29, 0.717) is 11.4 Å². The average Bonchev–Trinajstić information content (AvgIpc) is 3.16. The van der Waals surface area contributed by atoms with Crippen LogP contribution in [0.2, 0.25) is 0 Å². The van der Waals surface area contributed by atoms with Gasteiger partial charge in [0.2, 0.25) is 5.91 Å². The number of benzene rings is 3. The van der Waals surface area contributed by atoms with Gasteiger partial charge in [0, 0.05) is 11.4 Å². The number of nitrogens with one attached hydrogen (secondary N) is 1. The molecule has 3 aromatic rings. The first-order valence-corrected chi connectivity index (χ1v) is 10.4. The van der Waals surface area contributed by atoms with Crippen molar-refractivity contribution in [3.8, 4) is 5.75 Å². The number of amides is 2. The summed E-state index contributed by atoms with van der Waals surface area (Å²) in [7, 11) is 1.60. The van der Waals surface area contributed by atoms with Crippen molar-refractivity contribution in [3.05, 3.63) is 89.7 Å². The van der Waals surface area contributed by atoms with Crippen LogP contribution in [0.15, 0.2) is 72.8 Å². The molecule has 1 aliphatic heterocycles. The second-order valence-electron chi connectivity index (χ2n) is 6.68. The summed E-state index contributed by atoms with van der Waals surface area (Å²) in [6.45, 7) is 0. The van der Waals surface area contributed by atoms with Gasteiger partial charge in [-0.15, -0.1) is 11.8 Å². The Morgan fingerprint density at radius 1 is 1.07 bits per heavy atom. The summed E-state index contributed by atoms with van der Waals surface area (Å²) in [6.07, 6.45) is 0. The first-order chi connectivity index (χ1) is 14.6. The van der Waals surface area contributed by atoms with E-state index >= 15 is 0 Å². The molecule has 0 bridgehead atoms. The van der Waals surface area contributed by atoms with Gasteiger partial charge in [-0.3, -0.25) is 14.5 Å². The van der Waals surface area contributed by atoms with Crippen molar-refractivity contribution in [2.45, 2.75) is 5.37 Å². The summed E-state index contributed by atoms with van der Waals surface area (Å²) in [5.41, 5.74) is 2.28. The molecule has 1 heterocycles. The quantitative estimate of drug-likeness (QED) is 0.638. The molecule has 3 aromatic carbocycles. The lowest BCUT2D eigenvalue weighted by Crippen LogP contribution is -2.27. The third kappa shape index (κ3) is 4.02. The minimum Gasteiger partial charge on any atom is -0.497 e. The highest BCUT2D eigenvalue weighted by Crippen LogP contribution is 2.42. The third-order valence-electron chi connectivity index (χ3n) is 4.79. The van der Waals surface area contributed by atoms with Crippen LogP contribution in [0.4, 0.5) is 15.8 Å². The largest absolute Gasteiger partial charge is 0.497 e. The molecule has 1 N–H and O–H groups in total. The van der Waals surface area contributed by atoms with E-state index < -0.39 is 11.7 Å². The lowest BCUT2D eigenvalue weighted by atomic mass is 10.1. The van der Waals surface area contributed by atoms with E-state index in [2.05, 4.69) is 5.32 Å². The van der Waals surface area contributed by atoms with Gasteiger partial charge in [-0.1, -0.05) is 24.3 Å². The van der Waals surface area contributed by atoms with Crippen LogP contribution in [-0.2, 0) is 4.79 Å². The third-order valence-corrected chi connectivity index (χ3v) is 6.00. The summed E-state index contributed by atoms with van der Waals surface area (Å²) in [6, 6.07) is 20.4. The molecule has 0 aliphatic carbocycles. The number of rotatable bonds is 5. The van der Waals surface area contributed by atoms with Crippen molar-refractivity contribution >= 4 is 35.0 Å². The van der Waals surface area contributed by atoms with Gasteiger partial charge in [-0.05, 0) is 54.1 Å². The molecular formula is C23H19FN2O3S. The summed E-state index contributed by atoms with van der Waals surface area (Å²) in [4.78, 5) is 26.5. The maximum Gasteiger partial charge on any atom is 0.258 e. The summed E-state index contributed by atoms with van der Waals surface area (Å²) in [5, 5.41) is 2.54. The fourth-order valence-corrected chi connectivity index (χ4v) is 4.44. The highest BCUT2D eigenvalue weighted by molar-refractivity contribution is 8.00. The predicted octanol–water partition coefficient (Wildman–Crippen LogP) is 4.87. The maximum atomic E-state index is 13.8. The van der Waals surface area contributed by atoms with E-state index in [9.17, 15) is 14.0 Å². The molecule has 4 rings (SSSR count). The molecule has 0 radical (unpaired) electrons. The molecule has 0 unspecified atom stereocenters. The van der Waals surface area contributed by atoms with Gasteiger partial charge in [0.1, 0.15) is 16.9 Å². The molecule has 1 aliphatic rings. The van der Waals surface area contributed by atoms with Gasteiger partial charge < -0.3 is 10.1 Å². The molecule has 0 spiro atoms. The molecular weight excluding hydrogens is 403 g/mol. The van der Waals surface area contributed by atoms with Crippen molar-refractivity contribution in [1.82, 2.24) is 0 Å². The molecule has 30 heavy (non-hydrogen) atoms. The summed E-state index contributed by atoms with van der Waals surface area (Å²) in [5.74, 6) is 0.0769. The standard InChI is InChI=1S/C23H19FN2O3S/c1-29-18-12-10-17(11-13-18)26-21(27)14-30-23(26)15-6-8-16(9-7-15)25-22(28)19-4-2-3-5-20(19)24/h2-13,23H,14H2,1H3,(H,25,28)/t23-/m0/s1. The normalized spacial score (nSPS) is 15.9. The highest BCUT2D eigenvalue weighted by atomic mass is 32.2. The number of methoxy groups -OCH3 is 1. The average molecular weight is 422 g/mol. The maximum absolute atomic E-state index is 13.8. The van der Waals surface area contributed by atoms with Crippen LogP contribution in [-0.4, -0.2) is 24.7 Å². The Labute approximate surface area is 177 Å². The number of hydrogen-bond acceptors (Lipinski definition) is 4. The number of anilines is 2. The first kappa shape index (κ1) is 20.0. The van der Waals surface area contributed by atoms with Crippen molar-refractivity contribution in [3.63, 3.8) is 0 Å². The molecule has 152 valence electrons. The van der Waals surface area contributed by atoms with Gasteiger partial charge in [-0.2, -0.15) is 0 Å². The zero-order valence-corrected chi connectivity index (χ0v) is 17.0. The molecule has 0 aromatic heterocycles. The van der Waals surface area contributed by atoms with Crippen molar-refractivity contribution in [2.24, 2.45) is 0 Å². The zero-order chi connectivity index (χ0) is 21.1. The van der Waals surface area contributed by atoms with Gasteiger partial charge in [0.25, 0.3) is 5.91 Å². The van der Waals surface area contributed by atoms with Crippen LogP contribution < -0.4 is 15.0 Å². The van der Waals surface area contributed by atoms with Crippen molar-refractivity contribution in [1.29, 1.82) is 0 Å². The molecule has 7 heteroatoms. The number of carbonyl (C=O) groups is 2. The van der Waals surface area contributed by atoms with Crippen LogP contribution in [0.1, 0.15) is 21.3 Å². The lowest BCUT2D eigenvalue weighted by Gasteiger charge is -2.24. The van der Waals surface area contributed by atoms with E-state index in [1.54, 1.807) is 42.0 Å². The molecule has 1 saturated heterocycles. The minimum absolute atomic E-state index is 0.01000. The Balaban J connectivity index is 1.52. The molecule has 2 amide bonds. The van der Waals surface area contributed by atoms with Crippen LogP contribution in [0.25, 0.3) is 0 Å². The number of nitrogens with zero attached hydrogens (tertiary/aromatic N) is 1. The number of thioether (sulfide) groups is 1. The molecule has 0 saturated carbocycles. The van der Waals surface area contributed by atoms with Gasteiger partial charge in [0.15, 0.2) is 0 Å². The topological polar surface area (TPSA) is 58.6 Å². The Morgan fingerprint density at radius 3 is 2.43 bits per heavy atom.